The minimum absolute atomic E-state index is 0.1000. The van der Waals surface area contributed by atoms with Crippen LogP contribution in [0.1, 0.15) is 13.8 Å². The van der Waals surface area contributed by atoms with Crippen molar-refractivity contribution in [3.8, 4) is 0 Å². The van der Waals surface area contributed by atoms with Crippen molar-refractivity contribution in [2.75, 3.05) is 27.8 Å². The molecule has 72 valence electrons. The highest BCUT2D eigenvalue weighted by atomic mass is 16.5. The van der Waals surface area contributed by atoms with Gasteiger partial charge < -0.3 is 15.0 Å². The molecule has 0 saturated carbocycles. The number of nitrogens with zero attached hydrogens (tertiary/aromatic N) is 1. The predicted molar refractivity (Wildman–Crippen MR) is 48.2 cm³/mol. The first kappa shape index (κ1) is 11.2. The SMILES string of the molecule is COCC(C)(C)NC(=O)N(C)C. The molecule has 0 fully saturated rings. The van der Waals surface area contributed by atoms with Crippen LogP contribution in [-0.4, -0.2) is 44.3 Å². The average Bonchev–Trinajstić information content (AvgIpc) is 1.85. The summed E-state index contributed by atoms with van der Waals surface area (Å²) in [5, 5.41) is 2.82. The van der Waals surface area contributed by atoms with Gasteiger partial charge in [0.25, 0.3) is 0 Å². The molecule has 0 saturated heterocycles. The fourth-order valence-electron chi connectivity index (χ4n) is 0.798. The van der Waals surface area contributed by atoms with E-state index in [1.807, 2.05) is 13.8 Å². The van der Waals surface area contributed by atoms with Crippen LogP contribution in [0.4, 0.5) is 4.79 Å². The van der Waals surface area contributed by atoms with Crippen LogP contribution in [0, 0.1) is 0 Å². The van der Waals surface area contributed by atoms with Gasteiger partial charge in [-0.05, 0) is 13.8 Å². The van der Waals surface area contributed by atoms with Crippen LogP contribution in [0.2, 0.25) is 0 Å². The zero-order valence-electron chi connectivity index (χ0n) is 8.47. The Balaban J connectivity index is 3.96. The van der Waals surface area contributed by atoms with E-state index in [0.29, 0.717) is 6.61 Å². The van der Waals surface area contributed by atoms with Gasteiger partial charge in [0, 0.05) is 21.2 Å². The molecule has 1 N–H and O–H groups in total. The van der Waals surface area contributed by atoms with Gasteiger partial charge in [-0.15, -0.1) is 0 Å². The Morgan fingerprint density at radius 3 is 2.33 bits per heavy atom. The van der Waals surface area contributed by atoms with Gasteiger partial charge in [0.2, 0.25) is 0 Å². The fraction of sp³-hybridized carbons (Fsp3) is 0.875. The van der Waals surface area contributed by atoms with Crippen LogP contribution in [0.25, 0.3) is 0 Å². The number of carbonyl (C=O) groups excluding carboxylic acids is 1. The molecule has 0 spiro atoms. The second kappa shape index (κ2) is 4.30. The third kappa shape index (κ3) is 4.18. The van der Waals surface area contributed by atoms with Gasteiger partial charge in [0.15, 0.2) is 0 Å². The van der Waals surface area contributed by atoms with Crippen molar-refractivity contribution in [2.24, 2.45) is 0 Å². The Bertz CT molecular complexity index is 155. The zero-order chi connectivity index (χ0) is 9.78. The summed E-state index contributed by atoms with van der Waals surface area (Å²) in [6.07, 6.45) is 0. The number of urea groups is 1. The van der Waals surface area contributed by atoms with Crippen molar-refractivity contribution < 1.29 is 9.53 Å². The van der Waals surface area contributed by atoms with Crippen LogP contribution < -0.4 is 5.32 Å². The summed E-state index contributed by atoms with van der Waals surface area (Å²) in [4.78, 5) is 12.7. The lowest BCUT2D eigenvalue weighted by molar-refractivity contribution is 0.126. The van der Waals surface area contributed by atoms with E-state index in [1.165, 1.54) is 4.90 Å². The van der Waals surface area contributed by atoms with Gasteiger partial charge in [-0.25, -0.2) is 4.79 Å². The summed E-state index contributed by atoms with van der Waals surface area (Å²) in [5.74, 6) is 0. The third-order valence-electron chi connectivity index (χ3n) is 1.36. The van der Waals surface area contributed by atoms with Crippen LogP contribution in [-0.2, 0) is 4.74 Å². The lowest BCUT2D eigenvalue weighted by Gasteiger charge is -2.27. The molecule has 0 aliphatic heterocycles. The maximum Gasteiger partial charge on any atom is 0.317 e. The van der Waals surface area contributed by atoms with Crippen molar-refractivity contribution in [1.82, 2.24) is 10.2 Å². The van der Waals surface area contributed by atoms with Gasteiger partial charge in [0.05, 0.1) is 12.1 Å². The highest BCUT2D eigenvalue weighted by Crippen LogP contribution is 2.02. The van der Waals surface area contributed by atoms with E-state index in [4.69, 9.17) is 4.74 Å². The number of hydrogen-bond donors (Lipinski definition) is 1. The van der Waals surface area contributed by atoms with Gasteiger partial charge in [0.1, 0.15) is 0 Å². The number of amides is 2. The second-order valence-corrected chi connectivity index (χ2v) is 3.64. The summed E-state index contributed by atoms with van der Waals surface area (Å²) in [6, 6.07) is -0.1000. The first-order chi connectivity index (χ1) is 5.39. The van der Waals surface area contributed by atoms with E-state index in [2.05, 4.69) is 5.32 Å². The van der Waals surface area contributed by atoms with E-state index in [1.54, 1.807) is 21.2 Å². The number of ether oxygens (including phenoxy) is 1. The third-order valence-corrected chi connectivity index (χ3v) is 1.36. The summed E-state index contributed by atoms with van der Waals surface area (Å²) < 4.78 is 4.95. The summed E-state index contributed by atoms with van der Waals surface area (Å²) >= 11 is 0. The molecule has 0 aromatic carbocycles. The molecule has 4 nitrogen and oxygen atoms in total. The van der Waals surface area contributed by atoms with Crippen LogP contribution in [0.15, 0.2) is 0 Å². The van der Waals surface area contributed by atoms with Crippen LogP contribution >= 0.6 is 0 Å². The highest BCUT2D eigenvalue weighted by Gasteiger charge is 2.20. The molecule has 0 radical (unpaired) electrons. The molecule has 0 atom stereocenters. The van der Waals surface area contributed by atoms with Crippen LogP contribution in [0.3, 0.4) is 0 Å². The van der Waals surface area contributed by atoms with Gasteiger partial charge in [-0.3, -0.25) is 0 Å². The molecular weight excluding hydrogens is 156 g/mol. The molecule has 0 aliphatic rings. The predicted octanol–water partition coefficient (Wildman–Crippen LogP) is 0.683. The molecule has 0 aliphatic carbocycles. The number of methoxy groups -OCH3 is 1. The number of hydrogen-bond acceptors (Lipinski definition) is 2. The van der Waals surface area contributed by atoms with Gasteiger partial charge in [-0.2, -0.15) is 0 Å². The van der Waals surface area contributed by atoms with Crippen LogP contribution in [0.5, 0.6) is 0 Å². The molecule has 0 bridgehead atoms. The van der Waals surface area contributed by atoms with Crippen molar-refractivity contribution in [3.63, 3.8) is 0 Å². The molecule has 0 aromatic heterocycles. The largest absolute Gasteiger partial charge is 0.382 e. The Hall–Kier alpha value is -0.770. The van der Waals surface area contributed by atoms with Gasteiger partial charge >= 0.3 is 6.03 Å². The smallest absolute Gasteiger partial charge is 0.317 e. The molecule has 2 amide bonds. The maximum absolute atomic E-state index is 11.2. The van der Waals surface area contributed by atoms with Crippen molar-refractivity contribution in [2.45, 2.75) is 19.4 Å². The normalized spacial score (nSPS) is 11.1. The molecule has 0 heterocycles. The Kier molecular flexibility index (Phi) is 4.03. The Labute approximate surface area is 73.9 Å². The second-order valence-electron chi connectivity index (χ2n) is 3.64. The van der Waals surface area contributed by atoms with E-state index in [-0.39, 0.29) is 11.6 Å². The Morgan fingerprint density at radius 2 is 2.00 bits per heavy atom. The molecule has 0 rings (SSSR count). The molecule has 12 heavy (non-hydrogen) atoms. The first-order valence-electron chi connectivity index (χ1n) is 3.87. The van der Waals surface area contributed by atoms with Crippen molar-refractivity contribution in [1.29, 1.82) is 0 Å². The monoisotopic (exact) mass is 174 g/mol. The van der Waals surface area contributed by atoms with Crippen molar-refractivity contribution in [3.05, 3.63) is 0 Å². The van der Waals surface area contributed by atoms with E-state index in [9.17, 15) is 4.79 Å². The molecular formula is C8H18N2O2. The standard InChI is InChI=1S/C8H18N2O2/c1-8(2,6-12-5)9-7(11)10(3)4/h6H2,1-5H3,(H,9,11). The van der Waals surface area contributed by atoms with E-state index in [0.717, 1.165) is 0 Å². The molecule has 0 unspecified atom stereocenters. The minimum atomic E-state index is -0.309. The molecule has 4 heteroatoms. The summed E-state index contributed by atoms with van der Waals surface area (Å²) in [6.45, 7) is 4.34. The van der Waals surface area contributed by atoms with E-state index < -0.39 is 0 Å². The topological polar surface area (TPSA) is 41.6 Å². The first-order valence-corrected chi connectivity index (χ1v) is 3.87. The van der Waals surface area contributed by atoms with Crippen molar-refractivity contribution >= 4 is 6.03 Å². The number of carbonyl (C=O) groups is 1. The maximum atomic E-state index is 11.2. The summed E-state index contributed by atoms with van der Waals surface area (Å²) in [7, 11) is 5.03. The zero-order valence-corrected chi connectivity index (χ0v) is 8.47. The highest BCUT2D eigenvalue weighted by molar-refractivity contribution is 5.74. The average molecular weight is 174 g/mol. The number of nitrogens with one attached hydrogen (secondary N) is 1. The van der Waals surface area contributed by atoms with Gasteiger partial charge in [-0.1, -0.05) is 0 Å². The quantitative estimate of drug-likeness (QED) is 0.683. The molecule has 0 aromatic rings. The summed E-state index contributed by atoms with van der Waals surface area (Å²) in [5.41, 5.74) is -0.309. The fourth-order valence-corrected chi connectivity index (χ4v) is 0.798. The Morgan fingerprint density at radius 1 is 1.50 bits per heavy atom. The lowest BCUT2D eigenvalue weighted by Crippen LogP contribution is -2.50. The minimum Gasteiger partial charge on any atom is -0.382 e. The number of rotatable bonds is 3. The van der Waals surface area contributed by atoms with E-state index >= 15 is 0 Å². The lowest BCUT2D eigenvalue weighted by atomic mass is 10.1.